The molecule has 1 aliphatic heterocycles. The Hall–Kier alpha value is -1.87. The van der Waals surface area contributed by atoms with Crippen molar-refractivity contribution in [3.63, 3.8) is 0 Å². The maximum absolute atomic E-state index is 11.1. The van der Waals surface area contributed by atoms with Crippen molar-refractivity contribution >= 4 is 5.82 Å². The summed E-state index contributed by atoms with van der Waals surface area (Å²) in [4.78, 5) is 21.9. The van der Waals surface area contributed by atoms with Gasteiger partial charge in [-0.15, -0.1) is 0 Å². The number of piperazine rings is 1. The summed E-state index contributed by atoms with van der Waals surface area (Å²) in [5.74, 6) is 0.709. The Morgan fingerprint density at radius 3 is 2.81 bits per heavy atom. The summed E-state index contributed by atoms with van der Waals surface area (Å²) in [6.07, 6.45) is 1.42. The maximum atomic E-state index is 11.1. The number of nitriles is 1. The summed E-state index contributed by atoms with van der Waals surface area (Å²) in [5, 5.41) is 8.57. The van der Waals surface area contributed by atoms with Crippen LogP contribution in [0.1, 0.15) is 0 Å². The molecule has 6 nitrogen and oxygen atoms in total. The van der Waals surface area contributed by atoms with Gasteiger partial charge in [0.15, 0.2) is 0 Å². The van der Waals surface area contributed by atoms with E-state index in [0.29, 0.717) is 12.4 Å². The molecule has 0 atom stereocenters. The lowest BCUT2D eigenvalue weighted by Gasteiger charge is -2.33. The highest BCUT2D eigenvalue weighted by molar-refractivity contribution is 5.36. The summed E-state index contributed by atoms with van der Waals surface area (Å²) < 4.78 is 0. The van der Waals surface area contributed by atoms with Gasteiger partial charge in [0.2, 0.25) is 0 Å². The molecular formula is C10H13N5O. The molecule has 16 heavy (non-hydrogen) atoms. The molecule has 0 radical (unpaired) electrons. The van der Waals surface area contributed by atoms with Gasteiger partial charge in [-0.2, -0.15) is 5.26 Å². The molecule has 2 heterocycles. The summed E-state index contributed by atoms with van der Waals surface area (Å²) >= 11 is 0. The highest BCUT2D eigenvalue weighted by atomic mass is 16.1. The fourth-order valence-corrected chi connectivity index (χ4v) is 1.77. The molecular weight excluding hydrogens is 206 g/mol. The van der Waals surface area contributed by atoms with Crippen LogP contribution in [-0.4, -0.2) is 47.6 Å². The van der Waals surface area contributed by atoms with Crippen LogP contribution in [0.4, 0.5) is 5.82 Å². The second-order valence-corrected chi connectivity index (χ2v) is 3.69. The Morgan fingerprint density at radius 2 is 2.19 bits per heavy atom. The molecule has 0 amide bonds. The first-order valence-electron chi connectivity index (χ1n) is 5.18. The SMILES string of the molecule is N#CCN1CCN(c2cc(=O)[nH]cn2)CC1. The van der Waals surface area contributed by atoms with Gasteiger partial charge in [0, 0.05) is 32.2 Å². The second-order valence-electron chi connectivity index (χ2n) is 3.69. The lowest BCUT2D eigenvalue weighted by atomic mass is 10.3. The van der Waals surface area contributed by atoms with Crippen molar-refractivity contribution in [1.29, 1.82) is 5.26 Å². The fraction of sp³-hybridized carbons (Fsp3) is 0.500. The van der Waals surface area contributed by atoms with Gasteiger partial charge in [0.05, 0.1) is 18.9 Å². The predicted octanol–water partition coefficient (Wildman–Crippen LogP) is -0.585. The second kappa shape index (κ2) is 4.77. The van der Waals surface area contributed by atoms with Crippen LogP contribution in [0.25, 0.3) is 0 Å². The Balaban J connectivity index is 1.99. The molecule has 2 rings (SSSR count). The van der Waals surface area contributed by atoms with E-state index < -0.39 is 0 Å². The number of nitrogens with zero attached hydrogens (tertiary/aromatic N) is 4. The van der Waals surface area contributed by atoms with E-state index in [2.05, 4.69) is 25.8 Å². The lowest BCUT2D eigenvalue weighted by Crippen LogP contribution is -2.46. The molecule has 0 spiro atoms. The quantitative estimate of drug-likeness (QED) is 0.673. The van der Waals surface area contributed by atoms with Gasteiger partial charge in [0.1, 0.15) is 5.82 Å². The van der Waals surface area contributed by atoms with Crippen molar-refractivity contribution in [3.05, 3.63) is 22.7 Å². The van der Waals surface area contributed by atoms with Crippen LogP contribution in [0.2, 0.25) is 0 Å². The van der Waals surface area contributed by atoms with Gasteiger partial charge in [0.25, 0.3) is 5.56 Å². The Morgan fingerprint density at radius 1 is 1.44 bits per heavy atom. The molecule has 1 saturated heterocycles. The maximum Gasteiger partial charge on any atom is 0.252 e. The number of hydrogen-bond donors (Lipinski definition) is 1. The Labute approximate surface area is 93.1 Å². The standard InChI is InChI=1S/C10H13N5O/c11-1-2-14-3-5-15(6-4-14)9-7-10(16)13-8-12-9/h7-8H,2-6H2,(H,12,13,16). The molecule has 1 aromatic heterocycles. The highest BCUT2D eigenvalue weighted by Gasteiger charge is 2.17. The van der Waals surface area contributed by atoms with Crippen LogP contribution in [-0.2, 0) is 0 Å². The highest BCUT2D eigenvalue weighted by Crippen LogP contribution is 2.09. The number of aromatic nitrogens is 2. The smallest absolute Gasteiger partial charge is 0.252 e. The Kier molecular flexibility index (Phi) is 3.17. The molecule has 0 saturated carbocycles. The third-order valence-electron chi connectivity index (χ3n) is 2.65. The van der Waals surface area contributed by atoms with Gasteiger partial charge >= 0.3 is 0 Å². The molecule has 6 heteroatoms. The minimum absolute atomic E-state index is 0.135. The molecule has 1 fully saturated rings. The van der Waals surface area contributed by atoms with Crippen LogP contribution in [0.15, 0.2) is 17.2 Å². The number of aromatic amines is 1. The predicted molar refractivity (Wildman–Crippen MR) is 59.1 cm³/mol. The van der Waals surface area contributed by atoms with Crippen LogP contribution in [0.5, 0.6) is 0 Å². The van der Waals surface area contributed by atoms with Gasteiger partial charge in [-0.05, 0) is 0 Å². The number of anilines is 1. The minimum atomic E-state index is -0.135. The van der Waals surface area contributed by atoms with Crippen LogP contribution < -0.4 is 10.5 Å². The van der Waals surface area contributed by atoms with E-state index in [0.717, 1.165) is 26.2 Å². The van der Waals surface area contributed by atoms with Crippen molar-refractivity contribution in [2.24, 2.45) is 0 Å². The average Bonchev–Trinajstić information content (AvgIpc) is 2.30. The first-order valence-corrected chi connectivity index (χ1v) is 5.18. The topological polar surface area (TPSA) is 76.0 Å². The largest absolute Gasteiger partial charge is 0.354 e. The first kappa shape index (κ1) is 10.6. The summed E-state index contributed by atoms with van der Waals surface area (Å²) in [6, 6.07) is 3.64. The number of nitrogens with one attached hydrogen (secondary N) is 1. The van der Waals surface area contributed by atoms with Crippen LogP contribution in [0.3, 0.4) is 0 Å². The normalized spacial score (nSPS) is 17.1. The molecule has 0 bridgehead atoms. The monoisotopic (exact) mass is 219 g/mol. The summed E-state index contributed by atoms with van der Waals surface area (Å²) in [6.45, 7) is 3.75. The zero-order valence-electron chi connectivity index (χ0n) is 8.89. The van der Waals surface area contributed by atoms with E-state index in [1.54, 1.807) is 0 Å². The molecule has 1 aromatic rings. The van der Waals surface area contributed by atoms with Crippen LogP contribution >= 0.6 is 0 Å². The zero-order chi connectivity index (χ0) is 11.4. The van der Waals surface area contributed by atoms with Crippen molar-refractivity contribution in [2.75, 3.05) is 37.6 Å². The molecule has 84 valence electrons. The van der Waals surface area contributed by atoms with Gasteiger partial charge in [-0.25, -0.2) is 4.98 Å². The van der Waals surface area contributed by atoms with Crippen molar-refractivity contribution < 1.29 is 0 Å². The molecule has 0 aliphatic carbocycles. The number of rotatable bonds is 2. The van der Waals surface area contributed by atoms with Crippen molar-refractivity contribution in [3.8, 4) is 6.07 Å². The Bertz CT molecular complexity index is 441. The van der Waals surface area contributed by atoms with Crippen molar-refractivity contribution in [2.45, 2.75) is 0 Å². The van der Waals surface area contributed by atoms with Crippen molar-refractivity contribution in [1.82, 2.24) is 14.9 Å². The van der Waals surface area contributed by atoms with E-state index >= 15 is 0 Å². The summed E-state index contributed by atoms with van der Waals surface area (Å²) in [7, 11) is 0. The fourth-order valence-electron chi connectivity index (χ4n) is 1.77. The first-order chi connectivity index (χ1) is 7.79. The molecule has 0 aromatic carbocycles. The number of H-pyrrole nitrogens is 1. The van der Waals surface area contributed by atoms with E-state index in [1.165, 1.54) is 12.4 Å². The molecule has 0 unspecified atom stereocenters. The average molecular weight is 219 g/mol. The van der Waals surface area contributed by atoms with Gasteiger partial charge in [-0.3, -0.25) is 9.69 Å². The van der Waals surface area contributed by atoms with Gasteiger partial charge in [-0.1, -0.05) is 0 Å². The lowest BCUT2D eigenvalue weighted by molar-refractivity contribution is 0.286. The third-order valence-corrected chi connectivity index (χ3v) is 2.65. The summed E-state index contributed by atoms with van der Waals surface area (Å²) in [5.41, 5.74) is -0.135. The molecule has 1 N–H and O–H groups in total. The third kappa shape index (κ3) is 2.38. The number of hydrogen-bond acceptors (Lipinski definition) is 5. The molecule has 1 aliphatic rings. The van der Waals surface area contributed by atoms with Crippen LogP contribution in [0, 0.1) is 11.3 Å². The zero-order valence-corrected chi connectivity index (χ0v) is 8.89. The van der Waals surface area contributed by atoms with Gasteiger partial charge < -0.3 is 9.88 Å². The van der Waals surface area contributed by atoms with E-state index in [9.17, 15) is 4.79 Å². The van der Waals surface area contributed by atoms with E-state index in [-0.39, 0.29) is 5.56 Å². The minimum Gasteiger partial charge on any atom is -0.354 e. The van der Waals surface area contributed by atoms with E-state index in [1.807, 2.05) is 0 Å². The van der Waals surface area contributed by atoms with E-state index in [4.69, 9.17) is 5.26 Å².